The molecule has 0 aliphatic heterocycles. The number of hydrogen-bond donors (Lipinski definition) is 2. The topological polar surface area (TPSA) is 57.5 Å². The van der Waals surface area contributed by atoms with E-state index in [1.54, 1.807) is 6.26 Å². The van der Waals surface area contributed by atoms with Gasteiger partial charge in [-0.1, -0.05) is 42.5 Å². The highest BCUT2D eigenvalue weighted by atomic mass is 16.3. The summed E-state index contributed by atoms with van der Waals surface area (Å²) in [6, 6.07) is 17.9. The molecule has 3 rings (SSSR count). The van der Waals surface area contributed by atoms with Crippen LogP contribution < -0.4 is 10.6 Å². The van der Waals surface area contributed by atoms with Gasteiger partial charge in [0.2, 0.25) is 0 Å². The molecule has 2 aromatic carbocycles. The standard InChI is InChI=1S/C20H23N3O2/c1-23(2)18(19-11-6-12-25-19)14-22-20(24)21-13-16-9-5-8-15-7-3-4-10-17(15)16/h3-12,18H,13-14H2,1-2H3,(H2,21,22,24)/t18-/m0/s1. The fourth-order valence-electron chi connectivity index (χ4n) is 2.89. The van der Waals surface area contributed by atoms with Gasteiger partial charge < -0.3 is 15.1 Å². The molecule has 0 saturated heterocycles. The average Bonchev–Trinajstić information content (AvgIpc) is 3.14. The van der Waals surface area contributed by atoms with E-state index in [4.69, 9.17) is 4.42 Å². The molecule has 0 aliphatic rings. The summed E-state index contributed by atoms with van der Waals surface area (Å²) >= 11 is 0. The summed E-state index contributed by atoms with van der Waals surface area (Å²) in [6.07, 6.45) is 1.65. The van der Waals surface area contributed by atoms with Gasteiger partial charge in [0.1, 0.15) is 5.76 Å². The lowest BCUT2D eigenvalue weighted by Gasteiger charge is -2.22. The Bertz CT molecular complexity index is 823. The van der Waals surface area contributed by atoms with Crippen LogP contribution in [0.25, 0.3) is 10.8 Å². The van der Waals surface area contributed by atoms with Crippen LogP contribution in [0.1, 0.15) is 17.4 Å². The SMILES string of the molecule is CN(C)[C@@H](CNC(=O)NCc1cccc2ccccc12)c1ccco1. The van der Waals surface area contributed by atoms with Gasteiger partial charge in [-0.05, 0) is 42.6 Å². The molecule has 0 aliphatic carbocycles. The van der Waals surface area contributed by atoms with Crippen LogP contribution in [0.15, 0.2) is 65.3 Å². The van der Waals surface area contributed by atoms with Crippen molar-refractivity contribution in [3.8, 4) is 0 Å². The highest BCUT2D eigenvalue weighted by Gasteiger charge is 2.17. The number of rotatable bonds is 6. The molecule has 5 heteroatoms. The van der Waals surface area contributed by atoms with E-state index in [0.717, 1.165) is 16.7 Å². The van der Waals surface area contributed by atoms with Crippen LogP contribution in [0.5, 0.6) is 0 Å². The Labute approximate surface area is 147 Å². The zero-order valence-corrected chi connectivity index (χ0v) is 14.5. The lowest BCUT2D eigenvalue weighted by atomic mass is 10.0. The van der Waals surface area contributed by atoms with Crippen molar-refractivity contribution in [3.63, 3.8) is 0 Å². The minimum Gasteiger partial charge on any atom is -0.468 e. The lowest BCUT2D eigenvalue weighted by Crippen LogP contribution is -2.40. The van der Waals surface area contributed by atoms with Crippen molar-refractivity contribution in [3.05, 3.63) is 72.2 Å². The molecular formula is C20H23N3O2. The number of fused-ring (bicyclic) bond motifs is 1. The quantitative estimate of drug-likeness (QED) is 0.723. The van der Waals surface area contributed by atoms with E-state index in [-0.39, 0.29) is 12.1 Å². The van der Waals surface area contributed by atoms with Crippen LogP contribution in [0.2, 0.25) is 0 Å². The van der Waals surface area contributed by atoms with E-state index in [0.29, 0.717) is 13.1 Å². The molecular weight excluding hydrogens is 314 g/mol. The number of nitrogens with zero attached hydrogens (tertiary/aromatic N) is 1. The number of carbonyl (C=O) groups excluding carboxylic acids is 1. The van der Waals surface area contributed by atoms with Gasteiger partial charge in [0.05, 0.1) is 12.3 Å². The third-order valence-electron chi connectivity index (χ3n) is 4.27. The number of carbonyl (C=O) groups is 1. The van der Waals surface area contributed by atoms with Crippen LogP contribution in [0, 0.1) is 0 Å². The maximum atomic E-state index is 12.2. The maximum absolute atomic E-state index is 12.2. The first-order valence-corrected chi connectivity index (χ1v) is 8.33. The second-order valence-corrected chi connectivity index (χ2v) is 6.20. The monoisotopic (exact) mass is 337 g/mol. The normalized spacial score (nSPS) is 12.3. The van der Waals surface area contributed by atoms with E-state index >= 15 is 0 Å². The molecule has 0 fully saturated rings. The summed E-state index contributed by atoms with van der Waals surface area (Å²) in [6.45, 7) is 0.961. The zero-order valence-electron chi connectivity index (χ0n) is 14.5. The number of hydrogen-bond acceptors (Lipinski definition) is 3. The van der Waals surface area contributed by atoms with Crippen molar-refractivity contribution in [1.29, 1.82) is 0 Å². The van der Waals surface area contributed by atoms with E-state index in [1.807, 2.05) is 55.4 Å². The Morgan fingerprint density at radius 1 is 1.04 bits per heavy atom. The summed E-state index contributed by atoms with van der Waals surface area (Å²) < 4.78 is 5.45. The second kappa shape index (κ2) is 7.85. The predicted octanol–water partition coefficient (Wildman–Crippen LogP) is 3.53. The van der Waals surface area contributed by atoms with E-state index in [1.165, 1.54) is 5.39 Å². The fourth-order valence-corrected chi connectivity index (χ4v) is 2.89. The van der Waals surface area contributed by atoms with E-state index in [9.17, 15) is 4.79 Å². The highest BCUT2D eigenvalue weighted by molar-refractivity contribution is 5.86. The summed E-state index contributed by atoms with van der Waals surface area (Å²) in [5, 5.41) is 8.18. The van der Waals surface area contributed by atoms with E-state index in [2.05, 4.69) is 28.8 Å². The number of amides is 2. The Kier molecular flexibility index (Phi) is 5.36. The number of nitrogens with one attached hydrogen (secondary N) is 2. The summed E-state index contributed by atoms with van der Waals surface area (Å²) in [5.74, 6) is 0.833. The molecule has 2 amide bonds. The van der Waals surface area contributed by atoms with Gasteiger partial charge in [-0.25, -0.2) is 4.79 Å². The summed E-state index contributed by atoms with van der Waals surface area (Å²) in [4.78, 5) is 14.2. The summed E-state index contributed by atoms with van der Waals surface area (Å²) in [5.41, 5.74) is 1.10. The van der Waals surface area contributed by atoms with Crippen LogP contribution in [-0.2, 0) is 6.54 Å². The van der Waals surface area contributed by atoms with Gasteiger partial charge >= 0.3 is 6.03 Å². The van der Waals surface area contributed by atoms with Crippen LogP contribution in [0.3, 0.4) is 0 Å². The number of urea groups is 1. The van der Waals surface area contributed by atoms with Gasteiger partial charge in [0.15, 0.2) is 0 Å². The molecule has 0 bridgehead atoms. The number of likely N-dealkylation sites (N-methyl/N-ethyl adjacent to an activating group) is 1. The Morgan fingerprint density at radius 3 is 2.60 bits per heavy atom. The van der Waals surface area contributed by atoms with Crippen molar-refractivity contribution < 1.29 is 9.21 Å². The van der Waals surface area contributed by atoms with Gasteiger partial charge in [-0.15, -0.1) is 0 Å². The molecule has 25 heavy (non-hydrogen) atoms. The van der Waals surface area contributed by atoms with Gasteiger partial charge in [-0.2, -0.15) is 0 Å². The predicted molar refractivity (Wildman–Crippen MR) is 99.3 cm³/mol. The Balaban J connectivity index is 1.57. The highest BCUT2D eigenvalue weighted by Crippen LogP contribution is 2.19. The molecule has 0 radical (unpaired) electrons. The van der Waals surface area contributed by atoms with Gasteiger partial charge in [0, 0.05) is 13.1 Å². The van der Waals surface area contributed by atoms with Crippen LogP contribution in [-0.4, -0.2) is 31.6 Å². The fraction of sp³-hybridized carbons (Fsp3) is 0.250. The molecule has 0 spiro atoms. The number of benzene rings is 2. The van der Waals surface area contributed by atoms with Gasteiger partial charge in [0.25, 0.3) is 0 Å². The van der Waals surface area contributed by atoms with Crippen molar-refractivity contribution in [2.24, 2.45) is 0 Å². The second-order valence-electron chi connectivity index (χ2n) is 6.20. The smallest absolute Gasteiger partial charge is 0.315 e. The molecule has 2 N–H and O–H groups in total. The molecule has 0 unspecified atom stereocenters. The molecule has 3 aromatic rings. The van der Waals surface area contributed by atoms with Crippen molar-refractivity contribution in [2.75, 3.05) is 20.6 Å². The van der Waals surface area contributed by atoms with Crippen molar-refractivity contribution in [1.82, 2.24) is 15.5 Å². The van der Waals surface area contributed by atoms with Crippen molar-refractivity contribution >= 4 is 16.8 Å². The average molecular weight is 337 g/mol. The minimum absolute atomic E-state index is 0.00157. The first-order chi connectivity index (χ1) is 12.1. The largest absolute Gasteiger partial charge is 0.468 e. The molecule has 1 heterocycles. The third kappa shape index (κ3) is 4.19. The Hall–Kier alpha value is -2.79. The molecule has 130 valence electrons. The Morgan fingerprint density at radius 2 is 1.84 bits per heavy atom. The maximum Gasteiger partial charge on any atom is 0.315 e. The minimum atomic E-state index is -0.189. The van der Waals surface area contributed by atoms with E-state index < -0.39 is 0 Å². The summed E-state index contributed by atoms with van der Waals surface area (Å²) in [7, 11) is 3.92. The zero-order chi connectivity index (χ0) is 17.6. The molecule has 5 nitrogen and oxygen atoms in total. The van der Waals surface area contributed by atoms with Gasteiger partial charge in [-0.3, -0.25) is 4.90 Å². The van der Waals surface area contributed by atoms with Crippen LogP contribution >= 0.6 is 0 Å². The van der Waals surface area contributed by atoms with Crippen LogP contribution in [0.4, 0.5) is 4.79 Å². The lowest BCUT2D eigenvalue weighted by molar-refractivity contribution is 0.225. The third-order valence-corrected chi connectivity index (χ3v) is 4.27. The first-order valence-electron chi connectivity index (χ1n) is 8.33. The first kappa shape index (κ1) is 17.0. The molecule has 1 atom stereocenters. The number of furan rings is 1. The molecule has 0 saturated carbocycles. The van der Waals surface area contributed by atoms with Crippen molar-refractivity contribution in [2.45, 2.75) is 12.6 Å². The molecule has 1 aromatic heterocycles.